The number of nitrogens with zero attached hydrogens (tertiary/aromatic N) is 1. The molecule has 1 aromatic heterocycles. The highest BCUT2D eigenvalue weighted by Crippen LogP contribution is 2.50. The molecule has 0 atom stereocenters. The minimum Gasteiger partial charge on any atom is -0.309 e. The SMILES string of the molecule is CC1(C)c2ccccc2-c2cc3c4ccccc4n(-c4cc(Br)cc(Br)c4)c3cc21. The highest BCUT2D eigenvalue weighted by Gasteiger charge is 2.36. The molecule has 146 valence electrons. The number of halogens is 2. The van der Waals surface area contributed by atoms with Gasteiger partial charge in [0.2, 0.25) is 0 Å². The fourth-order valence-corrected chi connectivity index (χ4v) is 6.38. The molecule has 5 aromatic rings. The van der Waals surface area contributed by atoms with Crippen LogP contribution in [0.2, 0.25) is 0 Å². The molecule has 0 saturated heterocycles. The lowest BCUT2D eigenvalue weighted by Gasteiger charge is -2.21. The summed E-state index contributed by atoms with van der Waals surface area (Å²) in [7, 11) is 0. The summed E-state index contributed by atoms with van der Waals surface area (Å²) in [6.45, 7) is 4.68. The third kappa shape index (κ3) is 2.45. The molecule has 3 heteroatoms. The van der Waals surface area contributed by atoms with Crippen LogP contribution in [0, 0.1) is 0 Å². The number of fused-ring (bicyclic) bond motifs is 6. The van der Waals surface area contributed by atoms with E-state index < -0.39 is 0 Å². The summed E-state index contributed by atoms with van der Waals surface area (Å²) in [4.78, 5) is 0. The Labute approximate surface area is 192 Å². The van der Waals surface area contributed by atoms with E-state index in [0.29, 0.717) is 0 Å². The molecule has 0 saturated carbocycles. The number of hydrogen-bond donors (Lipinski definition) is 0. The molecule has 0 amide bonds. The predicted molar refractivity (Wildman–Crippen MR) is 134 cm³/mol. The van der Waals surface area contributed by atoms with Crippen molar-refractivity contribution in [3.05, 3.63) is 98.9 Å². The van der Waals surface area contributed by atoms with Crippen LogP contribution in [0.3, 0.4) is 0 Å². The van der Waals surface area contributed by atoms with Crippen molar-refractivity contribution >= 4 is 53.7 Å². The standard InChI is InChI=1S/C27H19Br2N/c1-27(2)23-9-5-3-7-19(23)21-14-22-20-8-4-6-10-25(20)30(26(22)15-24(21)27)18-12-16(28)11-17(29)13-18/h3-15H,1-2H3. The lowest BCUT2D eigenvalue weighted by molar-refractivity contribution is 0.661. The second-order valence-corrected chi connectivity index (χ2v) is 10.4. The Hall–Kier alpha value is -2.36. The molecule has 0 bridgehead atoms. The van der Waals surface area contributed by atoms with Gasteiger partial charge >= 0.3 is 0 Å². The van der Waals surface area contributed by atoms with E-state index in [2.05, 4.69) is 129 Å². The van der Waals surface area contributed by atoms with Crippen LogP contribution in [0.15, 0.2) is 87.8 Å². The maximum Gasteiger partial charge on any atom is 0.0544 e. The third-order valence-corrected chi connectivity index (χ3v) is 7.40. The molecule has 30 heavy (non-hydrogen) atoms. The monoisotopic (exact) mass is 515 g/mol. The molecule has 0 N–H and O–H groups in total. The summed E-state index contributed by atoms with van der Waals surface area (Å²) in [6.07, 6.45) is 0. The molecule has 0 aliphatic heterocycles. The molecular formula is C27H19Br2N. The van der Waals surface area contributed by atoms with Gasteiger partial charge in [-0.2, -0.15) is 0 Å². The maximum absolute atomic E-state index is 3.67. The second kappa shape index (κ2) is 6.32. The van der Waals surface area contributed by atoms with Crippen LogP contribution in [0.5, 0.6) is 0 Å². The fraction of sp³-hybridized carbons (Fsp3) is 0.111. The molecular weight excluding hydrogens is 498 g/mol. The quantitative estimate of drug-likeness (QED) is 0.210. The molecule has 1 aliphatic rings. The van der Waals surface area contributed by atoms with Crippen molar-refractivity contribution in [2.45, 2.75) is 19.3 Å². The summed E-state index contributed by atoms with van der Waals surface area (Å²) >= 11 is 7.34. The van der Waals surface area contributed by atoms with Gasteiger partial charge in [0.1, 0.15) is 0 Å². The first-order valence-corrected chi connectivity index (χ1v) is 11.7. The van der Waals surface area contributed by atoms with Gasteiger partial charge in [-0.25, -0.2) is 0 Å². The number of aromatic nitrogens is 1. The van der Waals surface area contributed by atoms with Crippen molar-refractivity contribution in [3.8, 4) is 16.8 Å². The topological polar surface area (TPSA) is 4.93 Å². The lowest BCUT2D eigenvalue weighted by Crippen LogP contribution is -2.14. The first-order chi connectivity index (χ1) is 14.4. The average Bonchev–Trinajstić information content (AvgIpc) is 3.16. The van der Waals surface area contributed by atoms with Gasteiger partial charge in [-0.3, -0.25) is 0 Å². The summed E-state index contributed by atoms with van der Waals surface area (Å²) in [5, 5.41) is 2.58. The van der Waals surface area contributed by atoms with Crippen LogP contribution in [0.4, 0.5) is 0 Å². The van der Waals surface area contributed by atoms with E-state index in [-0.39, 0.29) is 5.41 Å². The number of para-hydroxylation sites is 1. The third-order valence-electron chi connectivity index (χ3n) is 6.48. The molecule has 0 radical (unpaired) electrons. The van der Waals surface area contributed by atoms with E-state index >= 15 is 0 Å². The Morgan fingerprint density at radius 3 is 2.13 bits per heavy atom. The van der Waals surface area contributed by atoms with Crippen LogP contribution >= 0.6 is 31.9 Å². The Bertz CT molecular complexity index is 1470. The molecule has 1 aliphatic carbocycles. The van der Waals surface area contributed by atoms with E-state index in [4.69, 9.17) is 0 Å². The van der Waals surface area contributed by atoms with Gasteiger partial charge in [0.25, 0.3) is 0 Å². The molecule has 0 unspecified atom stereocenters. The normalized spacial score (nSPS) is 14.3. The smallest absolute Gasteiger partial charge is 0.0544 e. The van der Waals surface area contributed by atoms with Crippen molar-refractivity contribution in [3.63, 3.8) is 0 Å². The predicted octanol–water partition coefficient (Wildman–Crippen LogP) is 8.62. The van der Waals surface area contributed by atoms with E-state index in [9.17, 15) is 0 Å². The highest BCUT2D eigenvalue weighted by molar-refractivity contribution is 9.11. The van der Waals surface area contributed by atoms with E-state index in [1.54, 1.807) is 0 Å². The highest BCUT2D eigenvalue weighted by atomic mass is 79.9. The lowest BCUT2D eigenvalue weighted by atomic mass is 9.82. The second-order valence-electron chi connectivity index (χ2n) is 8.57. The molecule has 0 fully saturated rings. The van der Waals surface area contributed by atoms with Crippen LogP contribution in [-0.4, -0.2) is 4.57 Å². The zero-order chi connectivity index (χ0) is 20.6. The van der Waals surface area contributed by atoms with E-state index in [1.165, 1.54) is 44.1 Å². The van der Waals surface area contributed by atoms with Crippen molar-refractivity contribution in [2.75, 3.05) is 0 Å². The summed E-state index contributed by atoms with van der Waals surface area (Å²) < 4.78 is 4.51. The van der Waals surface area contributed by atoms with Gasteiger partial charge in [0, 0.05) is 30.8 Å². The van der Waals surface area contributed by atoms with Gasteiger partial charge in [-0.1, -0.05) is 88.2 Å². The van der Waals surface area contributed by atoms with Crippen LogP contribution in [-0.2, 0) is 5.41 Å². The summed E-state index contributed by atoms with van der Waals surface area (Å²) in [5.74, 6) is 0. The van der Waals surface area contributed by atoms with Gasteiger partial charge in [-0.15, -0.1) is 0 Å². The van der Waals surface area contributed by atoms with Crippen molar-refractivity contribution in [1.29, 1.82) is 0 Å². The molecule has 1 nitrogen and oxygen atoms in total. The first-order valence-electron chi connectivity index (χ1n) is 10.1. The zero-order valence-electron chi connectivity index (χ0n) is 16.7. The average molecular weight is 517 g/mol. The van der Waals surface area contributed by atoms with Crippen LogP contribution in [0.1, 0.15) is 25.0 Å². The van der Waals surface area contributed by atoms with Crippen molar-refractivity contribution in [2.24, 2.45) is 0 Å². The zero-order valence-corrected chi connectivity index (χ0v) is 19.9. The Kier molecular flexibility index (Phi) is 3.88. The Balaban J connectivity index is 1.78. The van der Waals surface area contributed by atoms with Crippen molar-refractivity contribution < 1.29 is 0 Å². The minimum absolute atomic E-state index is 0.0146. The molecule has 6 rings (SSSR count). The molecule has 1 heterocycles. The minimum atomic E-state index is -0.0146. The summed E-state index contributed by atoms with van der Waals surface area (Å²) in [5.41, 5.74) is 9.15. The number of rotatable bonds is 1. The van der Waals surface area contributed by atoms with E-state index in [0.717, 1.165) is 14.6 Å². The number of hydrogen-bond acceptors (Lipinski definition) is 0. The molecule has 4 aromatic carbocycles. The first kappa shape index (κ1) is 18.4. The Morgan fingerprint density at radius 2 is 1.33 bits per heavy atom. The molecule has 0 spiro atoms. The van der Waals surface area contributed by atoms with Crippen LogP contribution in [0.25, 0.3) is 38.6 Å². The largest absolute Gasteiger partial charge is 0.309 e. The number of benzene rings is 4. The van der Waals surface area contributed by atoms with Gasteiger partial charge in [-0.05, 0) is 58.7 Å². The summed E-state index contributed by atoms with van der Waals surface area (Å²) in [6, 6.07) is 28.8. The van der Waals surface area contributed by atoms with Gasteiger partial charge < -0.3 is 4.57 Å². The van der Waals surface area contributed by atoms with E-state index in [1.807, 2.05) is 0 Å². The maximum atomic E-state index is 3.67. The van der Waals surface area contributed by atoms with Crippen LogP contribution < -0.4 is 0 Å². The van der Waals surface area contributed by atoms with Gasteiger partial charge in [0.05, 0.1) is 11.0 Å². The fourth-order valence-electron chi connectivity index (χ4n) is 5.11. The van der Waals surface area contributed by atoms with Gasteiger partial charge in [0.15, 0.2) is 0 Å². The van der Waals surface area contributed by atoms with Crippen molar-refractivity contribution in [1.82, 2.24) is 4.57 Å². The Morgan fingerprint density at radius 1 is 0.633 bits per heavy atom.